The Bertz CT molecular complexity index is 2210. The predicted molar refractivity (Wildman–Crippen MR) is 216 cm³/mol. The lowest BCUT2D eigenvalue weighted by Crippen LogP contribution is -2.58. The number of nitrogens with zero attached hydrogens (tertiary/aromatic N) is 2. The van der Waals surface area contributed by atoms with E-state index in [9.17, 15) is 32.4 Å². The highest BCUT2D eigenvalue weighted by atomic mass is 32.2. The lowest BCUT2D eigenvalue weighted by molar-refractivity contribution is -0.141. The Labute approximate surface area is 336 Å². The van der Waals surface area contributed by atoms with Crippen LogP contribution in [0.3, 0.4) is 0 Å². The lowest BCUT2D eigenvalue weighted by atomic mass is 10.1. The summed E-state index contributed by atoms with van der Waals surface area (Å²) in [6.07, 6.45) is 3.63. The summed E-state index contributed by atoms with van der Waals surface area (Å²) in [7, 11) is -3.94. The van der Waals surface area contributed by atoms with Crippen molar-refractivity contribution >= 4 is 61.7 Å². The molecule has 1 unspecified atom stereocenters. The smallest absolute Gasteiger partial charge is 0.408 e. The maximum atomic E-state index is 14.6. The van der Waals surface area contributed by atoms with Gasteiger partial charge in [0.05, 0.1) is 11.8 Å². The van der Waals surface area contributed by atoms with Gasteiger partial charge in [0.15, 0.2) is 5.78 Å². The molecule has 1 saturated heterocycles. The summed E-state index contributed by atoms with van der Waals surface area (Å²) < 4.78 is 39.6. The molecule has 1 aromatic carbocycles. The Morgan fingerprint density at radius 2 is 1.88 bits per heavy atom. The van der Waals surface area contributed by atoms with Crippen LogP contribution in [-0.2, 0) is 33.9 Å². The molecule has 4 amide bonds. The molecule has 1 aliphatic heterocycles. The van der Waals surface area contributed by atoms with Crippen LogP contribution >= 0.6 is 11.3 Å². The van der Waals surface area contributed by atoms with Crippen LogP contribution in [0.15, 0.2) is 72.3 Å². The van der Waals surface area contributed by atoms with E-state index in [2.05, 4.69) is 26.9 Å². The van der Waals surface area contributed by atoms with Crippen molar-refractivity contribution in [2.75, 3.05) is 6.54 Å². The van der Waals surface area contributed by atoms with E-state index in [1.54, 1.807) is 52.2 Å². The Kier molecular flexibility index (Phi) is 12.0. The normalized spacial score (nSPS) is 22.2. The first kappa shape index (κ1) is 41.5. The molecule has 14 nitrogen and oxygen atoms in total. The number of pyridine rings is 1. The zero-order valence-corrected chi connectivity index (χ0v) is 34.3. The Morgan fingerprint density at radius 1 is 1.12 bits per heavy atom. The van der Waals surface area contributed by atoms with Gasteiger partial charge in [0.1, 0.15) is 29.3 Å². The van der Waals surface area contributed by atoms with Crippen molar-refractivity contribution in [1.29, 1.82) is 0 Å². The van der Waals surface area contributed by atoms with Crippen molar-refractivity contribution in [3.8, 4) is 16.3 Å². The minimum atomic E-state index is -3.94. The van der Waals surface area contributed by atoms with Crippen LogP contribution in [-0.4, -0.2) is 89.0 Å². The van der Waals surface area contributed by atoms with Gasteiger partial charge >= 0.3 is 6.09 Å². The number of nitrogens with one attached hydrogen (secondary N) is 3. The second-order valence-electron chi connectivity index (χ2n) is 16.1. The zero-order valence-electron chi connectivity index (χ0n) is 32.7. The topological polar surface area (TPSA) is 190 Å². The molecule has 2 saturated carbocycles. The number of allylic oxidation sites excluding steroid dienone is 2. The average molecular weight is 820 g/mol. The van der Waals surface area contributed by atoms with Gasteiger partial charge in [0.25, 0.3) is 5.91 Å². The SMILES string of the molecule is C=CC1C[C@]1(NC(=O)[C@@H]1C[C@@H](Oc2nccc3ccc(-c4cccs4)cc23)CN1C(=O)[C@H](CCC(=O)C=C(C)C)NC(=O)OC(C)(C)C)C(=O)NS(=O)(=O)C1CC1. The Hall–Kier alpha value is -5.09. The Morgan fingerprint density at radius 3 is 2.51 bits per heavy atom. The van der Waals surface area contributed by atoms with E-state index in [4.69, 9.17) is 9.47 Å². The van der Waals surface area contributed by atoms with Gasteiger partial charge in [-0.25, -0.2) is 18.2 Å². The molecule has 3 N–H and O–H groups in total. The number of hydrogen-bond acceptors (Lipinski definition) is 11. The molecule has 3 fully saturated rings. The summed E-state index contributed by atoms with van der Waals surface area (Å²) in [5, 5.41) is 8.28. The lowest BCUT2D eigenvalue weighted by Gasteiger charge is -2.30. The fourth-order valence-electron chi connectivity index (χ4n) is 6.97. The van der Waals surface area contributed by atoms with E-state index in [0.29, 0.717) is 12.8 Å². The zero-order chi connectivity index (χ0) is 41.3. The van der Waals surface area contributed by atoms with E-state index < -0.39 is 74.3 Å². The van der Waals surface area contributed by atoms with Gasteiger partial charge in [-0.05, 0) is 101 Å². The second-order valence-corrected chi connectivity index (χ2v) is 19.0. The molecule has 16 heteroatoms. The van der Waals surface area contributed by atoms with Gasteiger partial charge < -0.3 is 25.0 Å². The standard InChI is InChI=1S/C41H49N5O9S2/c1-7-27-22-41(27,38(50)45-57(52,53)30-13-14-30)44-35(48)33-21-29(54-36-31-20-26(34-9-8-18-56-34)11-10-25(31)16-17-42-36)23-46(33)37(49)32(15-12-28(47)19-24(2)3)43-39(51)55-40(4,5)6/h7-11,16-20,27,29-30,32-33H,1,12-15,21-23H2,2-6H3,(H,43,51)(H,44,48)(H,45,50)/t27?,29-,32+,33+,41-/m1/s1. The van der Waals surface area contributed by atoms with Crippen LogP contribution in [0.2, 0.25) is 0 Å². The molecule has 304 valence electrons. The number of thiophene rings is 1. The number of rotatable bonds is 15. The number of hydrogen-bond donors (Lipinski definition) is 3. The first-order valence-corrected chi connectivity index (χ1v) is 21.4. The molecule has 57 heavy (non-hydrogen) atoms. The third-order valence-electron chi connectivity index (χ3n) is 10.0. The number of carbonyl (C=O) groups excluding carboxylic acids is 5. The molecule has 6 rings (SSSR count). The summed E-state index contributed by atoms with van der Waals surface area (Å²) >= 11 is 1.59. The molecule has 0 radical (unpaired) electrons. The highest BCUT2D eigenvalue weighted by molar-refractivity contribution is 7.91. The summed E-state index contributed by atoms with van der Waals surface area (Å²) in [6, 6.07) is 9.24. The molecule has 5 atom stereocenters. The molecule has 0 bridgehead atoms. The highest BCUT2D eigenvalue weighted by Crippen LogP contribution is 2.45. The summed E-state index contributed by atoms with van der Waals surface area (Å²) in [5.74, 6) is -2.80. The number of benzene rings is 1. The molecule has 3 aromatic rings. The van der Waals surface area contributed by atoms with Gasteiger partial charge in [-0.1, -0.05) is 29.8 Å². The molecular formula is C41H49N5O9S2. The van der Waals surface area contributed by atoms with Crippen molar-refractivity contribution in [2.24, 2.45) is 5.92 Å². The summed E-state index contributed by atoms with van der Waals surface area (Å²) in [5.41, 5.74) is -0.769. The van der Waals surface area contributed by atoms with E-state index >= 15 is 0 Å². The van der Waals surface area contributed by atoms with Gasteiger partial charge in [0, 0.05) is 35.2 Å². The van der Waals surface area contributed by atoms with Crippen molar-refractivity contribution in [2.45, 2.75) is 108 Å². The third kappa shape index (κ3) is 9.90. The Balaban J connectivity index is 1.31. The fraction of sp³-hybridized carbons (Fsp3) is 0.463. The monoisotopic (exact) mass is 819 g/mol. The van der Waals surface area contributed by atoms with Gasteiger partial charge in [-0.2, -0.15) is 0 Å². The predicted octanol–water partition coefficient (Wildman–Crippen LogP) is 5.19. The summed E-state index contributed by atoms with van der Waals surface area (Å²) in [4.78, 5) is 75.2. The number of sulfonamides is 1. The quantitative estimate of drug-likeness (QED) is 0.136. The molecule has 2 aromatic heterocycles. The largest absolute Gasteiger partial charge is 0.472 e. The molecular weight excluding hydrogens is 771 g/mol. The van der Waals surface area contributed by atoms with Crippen molar-refractivity contribution in [1.82, 2.24) is 25.2 Å². The number of alkyl carbamates (subject to hydrolysis) is 1. The number of fused-ring (bicyclic) bond motifs is 1. The first-order chi connectivity index (χ1) is 26.9. The minimum Gasteiger partial charge on any atom is -0.472 e. The maximum absolute atomic E-state index is 14.6. The van der Waals surface area contributed by atoms with Crippen LogP contribution in [0.1, 0.15) is 73.1 Å². The number of carbonyl (C=O) groups is 5. The second kappa shape index (κ2) is 16.4. The molecule has 3 aliphatic rings. The number of amides is 4. The van der Waals surface area contributed by atoms with E-state index in [0.717, 1.165) is 26.8 Å². The summed E-state index contributed by atoms with van der Waals surface area (Å²) in [6.45, 7) is 12.2. The van der Waals surface area contributed by atoms with Crippen LogP contribution in [0.25, 0.3) is 21.2 Å². The average Bonchev–Trinajstić information content (AvgIpc) is 4.01. The van der Waals surface area contributed by atoms with Crippen molar-refractivity contribution in [3.63, 3.8) is 0 Å². The van der Waals surface area contributed by atoms with Gasteiger partial charge in [-0.15, -0.1) is 17.9 Å². The van der Waals surface area contributed by atoms with E-state index in [1.807, 2.05) is 41.8 Å². The van der Waals surface area contributed by atoms with Crippen LogP contribution in [0.5, 0.6) is 5.88 Å². The van der Waals surface area contributed by atoms with Gasteiger partial charge in [0.2, 0.25) is 27.7 Å². The highest BCUT2D eigenvalue weighted by Gasteiger charge is 2.62. The van der Waals surface area contributed by atoms with Crippen LogP contribution < -0.4 is 20.1 Å². The van der Waals surface area contributed by atoms with Crippen LogP contribution in [0, 0.1) is 5.92 Å². The van der Waals surface area contributed by atoms with E-state index in [1.165, 1.54) is 17.1 Å². The third-order valence-corrected chi connectivity index (χ3v) is 12.8. The van der Waals surface area contributed by atoms with Gasteiger partial charge in [-0.3, -0.25) is 23.9 Å². The van der Waals surface area contributed by atoms with E-state index in [-0.39, 0.29) is 43.9 Å². The van der Waals surface area contributed by atoms with Crippen molar-refractivity contribution in [3.05, 3.63) is 72.3 Å². The number of likely N-dealkylation sites (tertiary alicyclic amines) is 1. The number of aromatic nitrogens is 1. The fourth-order valence-corrected chi connectivity index (χ4v) is 9.06. The first-order valence-electron chi connectivity index (χ1n) is 19.0. The maximum Gasteiger partial charge on any atom is 0.408 e. The molecule has 0 spiro atoms. The van der Waals surface area contributed by atoms with Crippen molar-refractivity contribution < 1.29 is 41.9 Å². The number of ether oxygens (including phenoxy) is 2. The molecule has 2 aliphatic carbocycles. The minimum absolute atomic E-state index is 0.0348. The van der Waals surface area contributed by atoms with Crippen LogP contribution in [0.4, 0.5) is 4.79 Å². The molecule has 3 heterocycles. The number of ketones is 1.